The molecule has 0 aliphatic heterocycles. The number of carboxylic acids is 4. The summed E-state index contributed by atoms with van der Waals surface area (Å²) in [7, 11) is 0. The van der Waals surface area contributed by atoms with Crippen LogP contribution in [-0.2, 0) is 19.2 Å². The van der Waals surface area contributed by atoms with E-state index in [4.69, 9.17) is 51.1 Å². The Bertz CT molecular complexity index is 195. The maximum atomic E-state index is 9.00. The van der Waals surface area contributed by atoms with Gasteiger partial charge in [-0.1, -0.05) is 0 Å². The molecule has 21 heavy (non-hydrogen) atoms. The second-order valence-electron chi connectivity index (χ2n) is 2.65. The Labute approximate surface area is 163 Å². The molecule has 10 nitrogen and oxygen atoms in total. The van der Waals surface area contributed by atoms with Crippen LogP contribution in [-0.4, -0.2) is 106 Å². The molecule has 0 aliphatic rings. The molecule has 0 bridgehead atoms. The van der Waals surface area contributed by atoms with E-state index in [9.17, 15) is 0 Å². The molecular formula is C10H26BaN2O8. The summed E-state index contributed by atoms with van der Waals surface area (Å²) in [4.78, 5) is 36.0. The predicted molar refractivity (Wildman–Crippen MR) is 79.9 cm³/mol. The zero-order valence-corrected chi connectivity index (χ0v) is 12.0. The van der Waals surface area contributed by atoms with Gasteiger partial charge in [0.2, 0.25) is 0 Å². The molecule has 0 amide bonds. The third-order valence-electron chi connectivity index (χ3n) is 0.167. The van der Waals surface area contributed by atoms with E-state index in [1.807, 2.05) is 0 Å². The average Bonchev–Trinajstić information content (AvgIpc) is 2.13. The number of hydrogen-bond donors (Lipinski definition) is 6. The minimum atomic E-state index is -0.833. The molecule has 0 aromatic carbocycles. The van der Waals surface area contributed by atoms with E-state index in [0.29, 0.717) is 13.1 Å². The molecule has 0 radical (unpaired) electrons. The van der Waals surface area contributed by atoms with Gasteiger partial charge in [-0.2, -0.15) is 0 Å². The third-order valence-corrected chi connectivity index (χ3v) is 0.167. The predicted octanol–water partition coefficient (Wildman–Crippen LogP) is -1.65. The van der Waals surface area contributed by atoms with Crippen LogP contribution in [0.25, 0.3) is 0 Å². The zero-order valence-electron chi connectivity index (χ0n) is 12.0. The molecule has 0 heterocycles. The summed E-state index contributed by atoms with van der Waals surface area (Å²) < 4.78 is 0. The molecule has 0 saturated carbocycles. The van der Waals surface area contributed by atoms with Crippen LogP contribution in [0.2, 0.25) is 0 Å². The van der Waals surface area contributed by atoms with E-state index in [2.05, 4.69) is 0 Å². The van der Waals surface area contributed by atoms with Crippen molar-refractivity contribution in [2.75, 3.05) is 13.1 Å². The summed E-state index contributed by atoms with van der Waals surface area (Å²) in [5, 5.41) is 29.7. The Balaban J connectivity index is -0.0000000331. The molecule has 0 atom stereocenters. The first-order chi connectivity index (χ1) is 8.84. The topological polar surface area (TPSA) is 201 Å². The van der Waals surface area contributed by atoms with Gasteiger partial charge in [0.25, 0.3) is 23.9 Å². The van der Waals surface area contributed by atoms with Gasteiger partial charge >= 0.3 is 48.9 Å². The van der Waals surface area contributed by atoms with E-state index >= 15 is 0 Å². The van der Waals surface area contributed by atoms with Gasteiger partial charge in [-0.3, -0.25) is 19.2 Å². The fourth-order valence-corrected chi connectivity index (χ4v) is 0. The number of aliphatic carboxylic acids is 4. The van der Waals surface area contributed by atoms with E-state index in [-0.39, 0.29) is 48.9 Å². The van der Waals surface area contributed by atoms with Gasteiger partial charge in [-0.25, -0.2) is 0 Å². The van der Waals surface area contributed by atoms with Gasteiger partial charge in [0.1, 0.15) is 0 Å². The quantitative estimate of drug-likeness (QED) is 0.257. The van der Waals surface area contributed by atoms with Crippen LogP contribution in [0.1, 0.15) is 27.7 Å². The Morgan fingerprint density at radius 3 is 0.667 bits per heavy atom. The van der Waals surface area contributed by atoms with Crippen molar-refractivity contribution in [3.05, 3.63) is 0 Å². The Morgan fingerprint density at radius 1 is 0.619 bits per heavy atom. The van der Waals surface area contributed by atoms with Crippen LogP contribution in [0, 0.1) is 0 Å². The van der Waals surface area contributed by atoms with Crippen LogP contribution in [0.4, 0.5) is 0 Å². The number of carboxylic acid groups (broad SMARTS) is 4. The summed E-state index contributed by atoms with van der Waals surface area (Å²) in [5.74, 6) is -3.33. The molecule has 0 aliphatic carbocycles. The van der Waals surface area contributed by atoms with Crippen LogP contribution >= 0.6 is 0 Å². The van der Waals surface area contributed by atoms with Crippen LogP contribution < -0.4 is 11.5 Å². The van der Waals surface area contributed by atoms with Crippen LogP contribution in [0.5, 0.6) is 0 Å². The summed E-state index contributed by atoms with van der Waals surface area (Å²) in [6.07, 6.45) is 0. The first-order valence-electron chi connectivity index (χ1n) is 5.03. The molecule has 0 fully saturated rings. The first kappa shape index (κ1) is 37.0. The van der Waals surface area contributed by atoms with E-state index < -0.39 is 23.9 Å². The van der Waals surface area contributed by atoms with E-state index in [1.165, 1.54) is 0 Å². The van der Waals surface area contributed by atoms with Crippen molar-refractivity contribution in [2.45, 2.75) is 27.7 Å². The fraction of sp³-hybridized carbons (Fsp3) is 0.600. The SMILES string of the molecule is CC(=O)O.CC(=O)O.CC(=O)O.CC(=O)O.NCCN.[BaH2]. The fourth-order valence-electron chi connectivity index (χ4n) is 0. The van der Waals surface area contributed by atoms with Crippen LogP contribution in [0.15, 0.2) is 0 Å². The van der Waals surface area contributed by atoms with Crippen molar-refractivity contribution in [3.8, 4) is 0 Å². The van der Waals surface area contributed by atoms with Gasteiger partial charge in [0.05, 0.1) is 0 Å². The minimum absolute atomic E-state index is 0. The van der Waals surface area contributed by atoms with Crippen molar-refractivity contribution in [1.29, 1.82) is 0 Å². The summed E-state index contributed by atoms with van der Waals surface area (Å²) in [6.45, 7) is 5.53. The Kier molecular flexibility index (Phi) is 64.4. The van der Waals surface area contributed by atoms with E-state index in [0.717, 1.165) is 27.7 Å². The average molecular weight is 440 g/mol. The summed E-state index contributed by atoms with van der Waals surface area (Å²) >= 11 is 0. The molecule has 0 rings (SSSR count). The van der Waals surface area contributed by atoms with Crippen molar-refractivity contribution in [1.82, 2.24) is 0 Å². The Hall–Kier alpha value is -0.629. The molecule has 0 spiro atoms. The van der Waals surface area contributed by atoms with Crippen molar-refractivity contribution < 1.29 is 39.6 Å². The molecule has 11 heteroatoms. The summed E-state index contributed by atoms with van der Waals surface area (Å²) in [6, 6.07) is 0. The Morgan fingerprint density at radius 2 is 0.667 bits per heavy atom. The molecule has 126 valence electrons. The zero-order chi connectivity index (χ0) is 17.7. The molecule has 0 aromatic rings. The second-order valence-corrected chi connectivity index (χ2v) is 2.65. The monoisotopic (exact) mass is 440 g/mol. The van der Waals surface area contributed by atoms with Gasteiger partial charge in [-0.15, -0.1) is 0 Å². The van der Waals surface area contributed by atoms with Gasteiger partial charge in [-0.05, 0) is 0 Å². The third kappa shape index (κ3) is 42400. The molecule has 0 aromatic heterocycles. The number of rotatable bonds is 1. The van der Waals surface area contributed by atoms with E-state index in [1.54, 1.807) is 0 Å². The molecule has 8 N–H and O–H groups in total. The van der Waals surface area contributed by atoms with Gasteiger partial charge < -0.3 is 31.9 Å². The number of hydrogen-bond acceptors (Lipinski definition) is 6. The second kappa shape index (κ2) is 36.6. The van der Waals surface area contributed by atoms with Crippen molar-refractivity contribution in [3.63, 3.8) is 0 Å². The van der Waals surface area contributed by atoms with Gasteiger partial charge in [0.15, 0.2) is 0 Å². The maximum absolute atomic E-state index is 9.00. The molecule has 0 unspecified atom stereocenters. The summed E-state index contributed by atoms with van der Waals surface area (Å²) in [5.41, 5.74) is 9.81. The molecule has 0 saturated heterocycles. The van der Waals surface area contributed by atoms with Gasteiger partial charge in [0, 0.05) is 40.8 Å². The standard InChI is InChI=1S/C2H8N2.4C2H4O2.Ba.2H/c3-1-2-4;4*1-2(3)4;;;/h1-4H2;4*1H3,(H,3,4);;;. The first-order valence-corrected chi connectivity index (χ1v) is 5.03. The molecular weight excluding hydrogens is 413 g/mol. The number of nitrogens with two attached hydrogens (primary N) is 2. The number of carbonyl (C=O) groups is 4. The van der Waals surface area contributed by atoms with Crippen molar-refractivity contribution in [2.24, 2.45) is 11.5 Å². The normalized spacial score (nSPS) is 6.19. The van der Waals surface area contributed by atoms with Crippen molar-refractivity contribution >= 4 is 72.8 Å². The van der Waals surface area contributed by atoms with Crippen LogP contribution in [0.3, 0.4) is 0 Å².